The van der Waals surface area contributed by atoms with Gasteiger partial charge in [0, 0.05) is 31.7 Å². The molecular weight excluding hydrogens is 455 g/mol. The lowest BCUT2D eigenvalue weighted by Gasteiger charge is -2.41. The smallest absolute Gasteiger partial charge is 0.247 e. The number of nitrogens with zero attached hydrogens (tertiary/aromatic N) is 5. The van der Waals surface area contributed by atoms with Gasteiger partial charge in [0.25, 0.3) is 0 Å². The molecule has 32 heavy (non-hydrogen) atoms. The van der Waals surface area contributed by atoms with Crippen LogP contribution in [0.3, 0.4) is 0 Å². The number of benzene rings is 1. The first-order valence-electron chi connectivity index (χ1n) is 10.5. The number of nitrogen functional groups attached to an aromatic ring is 1. The van der Waals surface area contributed by atoms with Crippen LogP contribution in [0.4, 0.5) is 11.8 Å². The predicted molar refractivity (Wildman–Crippen MR) is 126 cm³/mol. The van der Waals surface area contributed by atoms with Gasteiger partial charge in [-0.15, -0.1) is 10.2 Å². The van der Waals surface area contributed by atoms with Gasteiger partial charge in [0.05, 0.1) is 41.0 Å². The maximum atomic E-state index is 10.3. The van der Waals surface area contributed by atoms with Crippen LogP contribution < -0.4 is 10.6 Å². The summed E-state index contributed by atoms with van der Waals surface area (Å²) in [6.45, 7) is 8.20. The number of rotatable bonds is 7. The lowest BCUT2D eigenvalue weighted by Crippen LogP contribution is -2.57. The highest BCUT2D eigenvalue weighted by atomic mass is 35.5. The predicted octanol–water partition coefficient (Wildman–Crippen LogP) is 2.09. The average molecular weight is 485 g/mol. The van der Waals surface area contributed by atoms with Crippen LogP contribution >= 0.6 is 23.2 Å². The van der Waals surface area contributed by atoms with Gasteiger partial charge in [-0.1, -0.05) is 35.3 Å². The molecule has 176 valence electrons. The Morgan fingerprint density at radius 3 is 2.66 bits per heavy atom. The van der Waals surface area contributed by atoms with Gasteiger partial charge in [0.15, 0.2) is 5.82 Å². The number of aromatic nitrogens is 3. The number of aliphatic hydroxyl groups is 2. The number of halogens is 2. The van der Waals surface area contributed by atoms with E-state index in [0.717, 1.165) is 0 Å². The third kappa shape index (κ3) is 6.18. The average Bonchev–Trinajstić information content (AvgIpc) is 2.74. The monoisotopic (exact) mass is 484 g/mol. The Balaban J connectivity index is 1.68. The van der Waals surface area contributed by atoms with Crippen molar-refractivity contribution >= 4 is 35.0 Å². The zero-order valence-corrected chi connectivity index (χ0v) is 20.0. The number of ether oxygens (including phenoxy) is 1. The highest BCUT2D eigenvalue weighted by Crippen LogP contribution is 2.34. The Bertz CT molecular complexity index is 927. The van der Waals surface area contributed by atoms with Gasteiger partial charge in [-0.25, -0.2) is 0 Å². The quantitative estimate of drug-likeness (QED) is 0.541. The summed E-state index contributed by atoms with van der Waals surface area (Å²) in [5.74, 6) is 0.507. The highest BCUT2D eigenvalue weighted by molar-refractivity contribution is 6.43. The molecule has 2 unspecified atom stereocenters. The van der Waals surface area contributed by atoms with Crippen LogP contribution in [0.2, 0.25) is 10.0 Å². The topological polar surface area (TPSA) is 121 Å². The van der Waals surface area contributed by atoms with Crippen molar-refractivity contribution in [1.82, 2.24) is 20.1 Å². The summed E-state index contributed by atoms with van der Waals surface area (Å²) in [5.41, 5.74) is 6.76. The van der Waals surface area contributed by atoms with E-state index in [9.17, 15) is 10.2 Å². The van der Waals surface area contributed by atoms with E-state index in [1.165, 1.54) is 0 Å². The number of anilines is 2. The fraction of sp³-hybridized carbons (Fsp3) is 0.571. The molecular formula is C21H30Cl2N6O3. The molecule has 4 N–H and O–H groups in total. The number of hydrogen-bond donors (Lipinski definition) is 3. The van der Waals surface area contributed by atoms with Gasteiger partial charge in [-0.3, -0.25) is 4.90 Å². The second kappa shape index (κ2) is 10.5. The minimum absolute atomic E-state index is 0.101. The van der Waals surface area contributed by atoms with Crippen molar-refractivity contribution in [2.45, 2.75) is 38.5 Å². The summed E-state index contributed by atoms with van der Waals surface area (Å²) in [5, 5.41) is 29.5. The highest BCUT2D eigenvalue weighted by Gasteiger charge is 2.30. The van der Waals surface area contributed by atoms with Gasteiger partial charge in [-0.05, 0) is 26.8 Å². The molecule has 1 aliphatic rings. The van der Waals surface area contributed by atoms with E-state index >= 15 is 0 Å². The third-order valence-electron chi connectivity index (χ3n) is 5.12. The zero-order valence-electron chi connectivity index (χ0n) is 18.5. The minimum atomic E-state index is -0.615. The van der Waals surface area contributed by atoms with Crippen LogP contribution in [-0.4, -0.2) is 87.4 Å². The molecule has 1 aromatic heterocycles. The molecule has 2 atom stereocenters. The van der Waals surface area contributed by atoms with E-state index in [0.29, 0.717) is 53.4 Å². The van der Waals surface area contributed by atoms with Gasteiger partial charge in [-0.2, -0.15) is 4.98 Å². The Morgan fingerprint density at radius 2 is 2.00 bits per heavy atom. The summed E-state index contributed by atoms with van der Waals surface area (Å²) in [6, 6.07) is 4.91. The van der Waals surface area contributed by atoms with E-state index in [1.807, 2.05) is 25.7 Å². The summed E-state index contributed by atoms with van der Waals surface area (Å²) < 4.78 is 5.66. The largest absolute Gasteiger partial charge is 0.394 e. The van der Waals surface area contributed by atoms with Crippen molar-refractivity contribution in [2.75, 3.05) is 50.0 Å². The van der Waals surface area contributed by atoms with Crippen LogP contribution in [-0.2, 0) is 4.74 Å². The summed E-state index contributed by atoms with van der Waals surface area (Å²) in [7, 11) is 0. The van der Waals surface area contributed by atoms with Crippen LogP contribution in [0, 0.1) is 0 Å². The molecule has 0 amide bonds. The van der Waals surface area contributed by atoms with Crippen LogP contribution in [0.25, 0.3) is 11.3 Å². The molecule has 1 aromatic carbocycles. The molecule has 0 saturated carbocycles. The van der Waals surface area contributed by atoms with E-state index in [4.69, 9.17) is 33.7 Å². The van der Waals surface area contributed by atoms with E-state index in [2.05, 4.69) is 20.1 Å². The molecule has 11 heteroatoms. The van der Waals surface area contributed by atoms with Crippen LogP contribution in [0.1, 0.15) is 20.8 Å². The van der Waals surface area contributed by atoms with Gasteiger partial charge in [0.1, 0.15) is 5.69 Å². The van der Waals surface area contributed by atoms with Crippen molar-refractivity contribution in [3.05, 3.63) is 28.2 Å². The van der Waals surface area contributed by atoms with E-state index in [-0.39, 0.29) is 30.7 Å². The number of nitrogens with two attached hydrogens (primary N) is 1. The summed E-state index contributed by atoms with van der Waals surface area (Å²) >= 11 is 12.4. The Hall–Kier alpha value is -1.75. The molecule has 0 aliphatic carbocycles. The second-order valence-corrected chi connectivity index (χ2v) is 9.60. The van der Waals surface area contributed by atoms with Crippen LogP contribution in [0.15, 0.2) is 18.2 Å². The molecule has 9 nitrogen and oxygen atoms in total. The Labute approximate surface area is 198 Å². The minimum Gasteiger partial charge on any atom is -0.394 e. The molecule has 0 bridgehead atoms. The molecule has 1 saturated heterocycles. The van der Waals surface area contributed by atoms with Gasteiger partial charge < -0.3 is 25.6 Å². The number of piperazine rings is 1. The Morgan fingerprint density at radius 1 is 1.25 bits per heavy atom. The van der Waals surface area contributed by atoms with Crippen molar-refractivity contribution in [1.29, 1.82) is 0 Å². The normalized spacial score (nSPS) is 18.7. The molecule has 1 fully saturated rings. The van der Waals surface area contributed by atoms with Gasteiger partial charge >= 0.3 is 0 Å². The van der Waals surface area contributed by atoms with Crippen LogP contribution in [0.5, 0.6) is 0 Å². The number of β-amino-alcohol motifs (C(OH)–C–C–N with tert-alkyl or cyclic N) is 1. The standard InChI is InChI=1S/C21H30Cl2N6O3/c1-21(2,3)32-12-14(31)10-28-7-8-29(13(9-28)11-30)20-25-19(24)18(26-27-20)15-5-4-6-16(22)17(15)23/h4-6,13-14,30-31H,7-12H2,1-3H3,(H2,24,25,27). The van der Waals surface area contributed by atoms with Crippen molar-refractivity contribution in [3.8, 4) is 11.3 Å². The first-order chi connectivity index (χ1) is 15.1. The first kappa shape index (κ1) is 24.9. The lowest BCUT2D eigenvalue weighted by atomic mass is 10.1. The fourth-order valence-electron chi connectivity index (χ4n) is 3.53. The molecule has 2 heterocycles. The Kier molecular flexibility index (Phi) is 8.13. The van der Waals surface area contributed by atoms with Crippen molar-refractivity contribution in [3.63, 3.8) is 0 Å². The summed E-state index contributed by atoms with van der Waals surface area (Å²) in [6.07, 6.45) is -0.615. The molecule has 0 radical (unpaired) electrons. The zero-order chi connectivity index (χ0) is 23.5. The van der Waals surface area contributed by atoms with E-state index < -0.39 is 6.10 Å². The van der Waals surface area contributed by atoms with E-state index in [1.54, 1.807) is 18.2 Å². The summed E-state index contributed by atoms with van der Waals surface area (Å²) in [4.78, 5) is 8.38. The van der Waals surface area contributed by atoms with Crippen molar-refractivity contribution < 1.29 is 14.9 Å². The molecule has 0 spiro atoms. The first-order valence-corrected chi connectivity index (χ1v) is 11.2. The maximum Gasteiger partial charge on any atom is 0.247 e. The SMILES string of the molecule is CC(C)(C)OCC(O)CN1CCN(c2nnc(-c3cccc(Cl)c3Cl)c(N)n2)C(CO)C1. The second-order valence-electron chi connectivity index (χ2n) is 8.81. The molecule has 3 rings (SSSR count). The fourth-order valence-corrected chi connectivity index (χ4v) is 3.92. The number of aliphatic hydroxyl groups excluding tert-OH is 2. The molecule has 1 aliphatic heterocycles. The van der Waals surface area contributed by atoms with Crippen molar-refractivity contribution in [2.24, 2.45) is 0 Å². The molecule has 2 aromatic rings. The third-order valence-corrected chi connectivity index (χ3v) is 5.94. The lowest BCUT2D eigenvalue weighted by molar-refractivity contribution is -0.0573. The number of hydrogen-bond acceptors (Lipinski definition) is 9. The van der Waals surface area contributed by atoms with Gasteiger partial charge in [0.2, 0.25) is 5.95 Å². The maximum absolute atomic E-state index is 10.3.